The zero-order chi connectivity index (χ0) is 16.2. The first kappa shape index (κ1) is 18.7. The van der Waals surface area contributed by atoms with E-state index < -0.39 is 0 Å². The molecule has 0 N–H and O–H groups in total. The molecular formula is C18H24N2S3. The first-order valence-electron chi connectivity index (χ1n) is 7.95. The van der Waals surface area contributed by atoms with E-state index in [0.29, 0.717) is 5.92 Å². The van der Waals surface area contributed by atoms with Gasteiger partial charge in [-0.15, -0.1) is 0 Å². The summed E-state index contributed by atoms with van der Waals surface area (Å²) in [6.07, 6.45) is 7.54. The number of hydrogen-bond donors (Lipinski definition) is 0. The molecule has 124 valence electrons. The van der Waals surface area contributed by atoms with Gasteiger partial charge in [0.25, 0.3) is 0 Å². The molecular weight excluding hydrogens is 340 g/mol. The molecule has 0 amide bonds. The Morgan fingerprint density at radius 3 is 1.74 bits per heavy atom. The summed E-state index contributed by atoms with van der Waals surface area (Å²) in [6, 6.07) is 8.51. The second kappa shape index (κ2) is 11.8. The predicted molar refractivity (Wildman–Crippen MR) is 108 cm³/mol. The van der Waals surface area contributed by atoms with Crippen molar-refractivity contribution in [3.8, 4) is 0 Å². The van der Waals surface area contributed by atoms with Crippen LogP contribution in [0.5, 0.6) is 0 Å². The van der Waals surface area contributed by atoms with Crippen LogP contribution >= 0.6 is 35.3 Å². The standard InChI is InChI=1S/C18H24N2S3/c1-2-21-11-12-22-13-14-23-15-18(16-3-7-19-8-4-16)17-5-9-20-10-6-17/h3-10,18H,2,11-15H2,1H3. The van der Waals surface area contributed by atoms with Crippen molar-refractivity contribution >= 4 is 35.3 Å². The molecule has 0 fully saturated rings. The lowest BCUT2D eigenvalue weighted by Crippen LogP contribution is -2.05. The highest BCUT2D eigenvalue weighted by Crippen LogP contribution is 2.28. The Labute approximate surface area is 152 Å². The van der Waals surface area contributed by atoms with Crippen LogP contribution in [0.4, 0.5) is 0 Å². The minimum atomic E-state index is 0.423. The fourth-order valence-corrected chi connectivity index (χ4v) is 5.43. The quantitative estimate of drug-likeness (QED) is 0.532. The Hall–Kier alpha value is -0.650. The Morgan fingerprint density at radius 1 is 0.739 bits per heavy atom. The van der Waals surface area contributed by atoms with E-state index in [9.17, 15) is 0 Å². The van der Waals surface area contributed by atoms with Gasteiger partial charge in [-0.25, -0.2) is 0 Å². The van der Waals surface area contributed by atoms with E-state index in [-0.39, 0.29) is 0 Å². The summed E-state index contributed by atoms with van der Waals surface area (Å²) < 4.78 is 0. The highest BCUT2D eigenvalue weighted by Gasteiger charge is 2.13. The van der Waals surface area contributed by atoms with E-state index >= 15 is 0 Å². The molecule has 5 heteroatoms. The van der Waals surface area contributed by atoms with E-state index in [1.54, 1.807) is 0 Å². The van der Waals surface area contributed by atoms with Crippen LogP contribution in [-0.4, -0.2) is 44.5 Å². The molecule has 0 atom stereocenters. The van der Waals surface area contributed by atoms with Crippen LogP contribution < -0.4 is 0 Å². The molecule has 0 saturated heterocycles. The molecule has 0 aliphatic heterocycles. The van der Waals surface area contributed by atoms with Crippen molar-refractivity contribution in [2.75, 3.05) is 34.5 Å². The van der Waals surface area contributed by atoms with Crippen molar-refractivity contribution in [2.45, 2.75) is 12.8 Å². The summed E-state index contributed by atoms with van der Waals surface area (Å²) in [5.41, 5.74) is 2.68. The normalized spacial score (nSPS) is 11.0. The lowest BCUT2D eigenvalue weighted by Gasteiger charge is -2.17. The van der Waals surface area contributed by atoms with Crippen molar-refractivity contribution in [3.05, 3.63) is 60.2 Å². The Morgan fingerprint density at radius 2 is 1.22 bits per heavy atom. The fourth-order valence-electron chi connectivity index (χ4n) is 2.26. The highest BCUT2D eigenvalue weighted by molar-refractivity contribution is 8.04. The molecule has 23 heavy (non-hydrogen) atoms. The second-order valence-corrected chi connectivity index (χ2v) is 8.77. The van der Waals surface area contributed by atoms with E-state index in [1.165, 1.54) is 39.9 Å². The van der Waals surface area contributed by atoms with Crippen molar-refractivity contribution < 1.29 is 0 Å². The third kappa shape index (κ3) is 7.19. The van der Waals surface area contributed by atoms with E-state index in [2.05, 4.69) is 52.9 Å². The average Bonchev–Trinajstić information content (AvgIpc) is 2.62. The van der Waals surface area contributed by atoms with Gasteiger partial charge in [0.2, 0.25) is 0 Å². The maximum Gasteiger partial charge on any atom is 0.0270 e. The first-order chi connectivity index (χ1) is 11.4. The Kier molecular flexibility index (Phi) is 9.60. The Balaban J connectivity index is 1.80. The minimum absolute atomic E-state index is 0.423. The second-order valence-electron chi connectivity index (χ2n) is 5.00. The lowest BCUT2D eigenvalue weighted by molar-refractivity contribution is 0.926. The molecule has 0 spiro atoms. The van der Waals surface area contributed by atoms with Gasteiger partial charge in [0.15, 0.2) is 0 Å². The van der Waals surface area contributed by atoms with Gasteiger partial charge in [-0.3, -0.25) is 9.97 Å². The number of pyridine rings is 2. The maximum absolute atomic E-state index is 4.14. The smallest absolute Gasteiger partial charge is 0.0270 e. The van der Waals surface area contributed by atoms with E-state index in [4.69, 9.17) is 0 Å². The van der Waals surface area contributed by atoms with Crippen LogP contribution in [0, 0.1) is 0 Å². The molecule has 0 saturated carbocycles. The van der Waals surface area contributed by atoms with Crippen molar-refractivity contribution in [3.63, 3.8) is 0 Å². The lowest BCUT2D eigenvalue weighted by atomic mass is 9.95. The van der Waals surface area contributed by atoms with Crippen LogP contribution in [0.15, 0.2) is 49.1 Å². The van der Waals surface area contributed by atoms with Crippen molar-refractivity contribution in [2.24, 2.45) is 0 Å². The summed E-state index contributed by atoms with van der Waals surface area (Å²) >= 11 is 6.15. The van der Waals surface area contributed by atoms with Gasteiger partial charge in [0, 0.05) is 59.5 Å². The predicted octanol–water partition coefficient (Wildman–Crippen LogP) is 4.83. The van der Waals surface area contributed by atoms with Gasteiger partial charge >= 0.3 is 0 Å². The summed E-state index contributed by atoms with van der Waals surface area (Å²) in [5.74, 6) is 7.78. The first-order valence-corrected chi connectivity index (χ1v) is 11.4. The third-order valence-electron chi connectivity index (χ3n) is 3.45. The molecule has 0 unspecified atom stereocenters. The molecule has 0 aliphatic rings. The summed E-state index contributed by atoms with van der Waals surface area (Å²) in [5, 5.41) is 0. The van der Waals surface area contributed by atoms with Crippen LogP contribution in [-0.2, 0) is 0 Å². The third-order valence-corrected chi connectivity index (χ3v) is 6.91. The van der Waals surface area contributed by atoms with Crippen molar-refractivity contribution in [1.82, 2.24) is 9.97 Å². The Bertz CT molecular complexity index is 483. The zero-order valence-electron chi connectivity index (χ0n) is 13.6. The van der Waals surface area contributed by atoms with Gasteiger partial charge in [-0.1, -0.05) is 6.92 Å². The maximum atomic E-state index is 4.14. The largest absolute Gasteiger partial charge is 0.265 e. The number of thioether (sulfide) groups is 3. The molecule has 0 radical (unpaired) electrons. The number of hydrogen-bond acceptors (Lipinski definition) is 5. The van der Waals surface area contributed by atoms with Gasteiger partial charge in [-0.05, 0) is 41.1 Å². The van der Waals surface area contributed by atoms with Gasteiger partial charge in [0.1, 0.15) is 0 Å². The summed E-state index contributed by atoms with van der Waals surface area (Å²) in [4.78, 5) is 8.28. The van der Waals surface area contributed by atoms with Crippen LogP contribution in [0.2, 0.25) is 0 Å². The summed E-state index contributed by atoms with van der Waals surface area (Å²) in [6.45, 7) is 2.23. The van der Waals surface area contributed by atoms with E-state index in [0.717, 1.165) is 5.75 Å². The van der Waals surface area contributed by atoms with Gasteiger partial charge in [-0.2, -0.15) is 35.3 Å². The molecule has 2 aromatic heterocycles. The molecule has 0 aromatic carbocycles. The monoisotopic (exact) mass is 364 g/mol. The summed E-state index contributed by atoms with van der Waals surface area (Å²) in [7, 11) is 0. The molecule has 2 aromatic rings. The minimum Gasteiger partial charge on any atom is -0.265 e. The fraction of sp³-hybridized carbons (Fsp3) is 0.444. The number of aromatic nitrogens is 2. The molecule has 2 nitrogen and oxygen atoms in total. The SMILES string of the molecule is CCSCCSCCSCC(c1ccncc1)c1ccncc1. The van der Waals surface area contributed by atoms with Gasteiger partial charge < -0.3 is 0 Å². The van der Waals surface area contributed by atoms with Gasteiger partial charge in [0.05, 0.1) is 0 Å². The zero-order valence-corrected chi connectivity index (χ0v) is 16.0. The van der Waals surface area contributed by atoms with Crippen molar-refractivity contribution in [1.29, 1.82) is 0 Å². The van der Waals surface area contributed by atoms with Crippen LogP contribution in [0.1, 0.15) is 24.0 Å². The molecule has 2 heterocycles. The highest BCUT2D eigenvalue weighted by atomic mass is 32.2. The molecule has 2 rings (SSSR count). The van der Waals surface area contributed by atoms with Crippen LogP contribution in [0.25, 0.3) is 0 Å². The number of rotatable bonds is 11. The molecule has 0 aliphatic carbocycles. The van der Waals surface area contributed by atoms with Crippen LogP contribution in [0.3, 0.4) is 0 Å². The average molecular weight is 365 g/mol. The van der Waals surface area contributed by atoms with E-state index in [1.807, 2.05) is 48.3 Å². The molecule has 0 bridgehead atoms. The number of nitrogens with zero attached hydrogens (tertiary/aromatic N) is 2. The topological polar surface area (TPSA) is 25.8 Å².